The van der Waals surface area contributed by atoms with E-state index in [0.717, 1.165) is 37.8 Å². The number of nitrogens with one attached hydrogen (secondary N) is 1. The van der Waals surface area contributed by atoms with Gasteiger partial charge in [0.15, 0.2) is 5.13 Å². The van der Waals surface area contributed by atoms with Gasteiger partial charge in [-0.15, -0.1) is 11.3 Å². The maximum atomic E-state index is 5.59. The van der Waals surface area contributed by atoms with Crippen molar-refractivity contribution in [2.45, 2.75) is 52.8 Å². The van der Waals surface area contributed by atoms with Crippen LogP contribution in [0.1, 0.15) is 38.3 Å². The van der Waals surface area contributed by atoms with Gasteiger partial charge in [-0.3, -0.25) is 0 Å². The van der Waals surface area contributed by atoms with E-state index in [9.17, 15) is 0 Å². The van der Waals surface area contributed by atoms with Gasteiger partial charge in [0, 0.05) is 30.6 Å². The molecule has 1 aliphatic rings. The monoisotopic (exact) mass is 283 g/mol. The Morgan fingerprint density at radius 3 is 2.95 bits per heavy atom. The van der Waals surface area contributed by atoms with Crippen LogP contribution in [0.4, 0.5) is 5.13 Å². The van der Waals surface area contributed by atoms with E-state index < -0.39 is 0 Å². The summed E-state index contributed by atoms with van der Waals surface area (Å²) in [6.45, 7) is 12.3. The SMILES string of the molecule is CCc1nc(N2CCOC(C)C2)sc1CNC(C)C. The van der Waals surface area contributed by atoms with Crippen molar-refractivity contribution < 1.29 is 4.74 Å². The Balaban J connectivity index is 2.08. The Hall–Kier alpha value is -0.650. The number of hydrogen-bond acceptors (Lipinski definition) is 5. The first kappa shape index (κ1) is 14.8. The Bertz CT molecular complexity index is 405. The molecule has 1 atom stereocenters. The smallest absolute Gasteiger partial charge is 0.185 e. The molecule has 1 aromatic rings. The molecule has 2 rings (SSSR count). The van der Waals surface area contributed by atoms with E-state index in [4.69, 9.17) is 9.72 Å². The van der Waals surface area contributed by atoms with E-state index in [-0.39, 0.29) is 0 Å². The predicted molar refractivity (Wildman–Crippen MR) is 81.1 cm³/mol. The van der Waals surface area contributed by atoms with Crippen LogP contribution in [0, 0.1) is 0 Å². The van der Waals surface area contributed by atoms with Crippen LogP contribution >= 0.6 is 11.3 Å². The number of aryl methyl sites for hydroxylation is 1. The molecule has 1 N–H and O–H groups in total. The Morgan fingerprint density at radius 1 is 1.53 bits per heavy atom. The number of ether oxygens (including phenoxy) is 1. The molecule has 19 heavy (non-hydrogen) atoms. The average molecular weight is 283 g/mol. The number of anilines is 1. The maximum Gasteiger partial charge on any atom is 0.185 e. The molecular weight excluding hydrogens is 258 g/mol. The molecule has 0 amide bonds. The fourth-order valence-electron chi connectivity index (χ4n) is 2.21. The summed E-state index contributed by atoms with van der Waals surface area (Å²) in [5, 5.41) is 4.65. The summed E-state index contributed by atoms with van der Waals surface area (Å²) in [5.74, 6) is 0. The molecule has 1 saturated heterocycles. The number of thiazole rings is 1. The van der Waals surface area contributed by atoms with Gasteiger partial charge >= 0.3 is 0 Å². The van der Waals surface area contributed by atoms with Crippen LogP contribution in [0.25, 0.3) is 0 Å². The van der Waals surface area contributed by atoms with Crippen molar-refractivity contribution in [3.63, 3.8) is 0 Å². The van der Waals surface area contributed by atoms with Crippen LogP contribution in [0.15, 0.2) is 0 Å². The zero-order chi connectivity index (χ0) is 13.8. The highest BCUT2D eigenvalue weighted by atomic mass is 32.1. The fourth-order valence-corrected chi connectivity index (χ4v) is 3.34. The molecule has 0 radical (unpaired) electrons. The maximum absolute atomic E-state index is 5.59. The molecule has 1 aliphatic heterocycles. The third kappa shape index (κ3) is 3.91. The zero-order valence-electron chi connectivity index (χ0n) is 12.4. The molecule has 0 saturated carbocycles. The molecule has 0 aromatic carbocycles. The second-order valence-electron chi connectivity index (χ2n) is 5.38. The Morgan fingerprint density at radius 2 is 2.32 bits per heavy atom. The molecule has 0 bridgehead atoms. The topological polar surface area (TPSA) is 37.4 Å². The zero-order valence-corrected chi connectivity index (χ0v) is 13.2. The highest BCUT2D eigenvalue weighted by Gasteiger charge is 2.21. The van der Waals surface area contributed by atoms with Gasteiger partial charge in [-0.05, 0) is 13.3 Å². The molecule has 5 heteroatoms. The number of morpholine rings is 1. The van der Waals surface area contributed by atoms with Gasteiger partial charge < -0.3 is 15.0 Å². The third-order valence-corrected chi connectivity index (χ3v) is 4.44. The molecule has 1 fully saturated rings. The lowest BCUT2D eigenvalue weighted by Crippen LogP contribution is -2.41. The minimum absolute atomic E-state index is 0.306. The van der Waals surface area contributed by atoms with Gasteiger partial charge in [-0.2, -0.15) is 0 Å². The molecular formula is C14H25N3OS. The van der Waals surface area contributed by atoms with Crippen LogP contribution < -0.4 is 10.2 Å². The van der Waals surface area contributed by atoms with E-state index in [1.807, 2.05) is 11.3 Å². The first-order valence-electron chi connectivity index (χ1n) is 7.18. The summed E-state index contributed by atoms with van der Waals surface area (Å²) in [4.78, 5) is 8.55. The molecule has 2 heterocycles. The molecule has 0 spiro atoms. The summed E-state index contributed by atoms with van der Waals surface area (Å²) in [6, 6.07) is 0.513. The van der Waals surface area contributed by atoms with Crippen LogP contribution in [0.2, 0.25) is 0 Å². The van der Waals surface area contributed by atoms with Crippen molar-refractivity contribution in [1.82, 2.24) is 10.3 Å². The van der Waals surface area contributed by atoms with Crippen molar-refractivity contribution in [2.24, 2.45) is 0 Å². The van der Waals surface area contributed by atoms with Crippen molar-refractivity contribution in [3.8, 4) is 0 Å². The lowest BCUT2D eigenvalue weighted by molar-refractivity contribution is 0.0532. The molecule has 108 valence electrons. The first-order chi connectivity index (χ1) is 9.10. The van der Waals surface area contributed by atoms with Gasteiger partial charge in [-0.1, -0.05) is 20.8 Å². The van der Waals surface area contributed by atoms with E-state index in [1.165, 1.54) is 10.6 Å². The molecule has 1 aromatic heterocycles. The predicted octanol–water partition coefficient (Wildman–Crippen LogP) is 2.43. The van der Waals surface area contributed by atoms with Gasteiger partial charge in [0.25, 0.3) is 0 Å². The number of hydrogen-bond donors (Lipinski definition) is 1. The molecule has 0 aliphatic carbocycles. The number of nitrogens with zero attached hydrogens (tertiary/aromatic N) is 2. The summed E-state index contributed by atoms with van der Waals surface area (Å²) in [5.41, 5.74) is 1.24. The minimum atomic E-state index is 0.306. The van der Waals surface area contributed by atoms with Crippen LogP contribution in [0.3, 0.4) is 0 Å². The third-order valence-electron chi connectivity index (χ3n) is 3.28. The minimum Gasteiger partial charge on any atom is -0.375 e. The largest absolute Gasteiger partial charge is 0.375 e. The van der Waals surface area contributed by atoms with Crippen molar-refractivity contribution in [2.75, 3.05) is 24.6 Å². The highest BCUT2D eigenvalue weighted by molar-refractivity contribution is 7.15. The Labute approximate surface area is 120 Å². The van der Waals surface area contributed by atoms with Gasteiger partial charge in [0.1, 0.15) is 0 Å². The second-order valence-corrected chi connectivity index (χ2v) is 6.44. The van der Waals surface area contributed by atoms with Crippen LogP contribution in [-0.2, 0) is 17.7 Å². The molecule has 1 unspecified atom stereocenters. The average Bonchev–Trinajstić information content (AvgIpc) is 2.79. The van der Waals surface area contributed by atoms with Crippen molar-refractivity contribution >= 4 is 16.5 Å². The van der Waals surface area contributed by atoms with E-state index in [1.54, 1.807) is 0 Å². The lowest BCUT2D eigenvalue weighted by atomic mass is 10.3. The highest BCUT2D eigenvalue weighted by Crippen LogP contribution is 2.28. The lowest BCUT2D eigenvalue weighted by Gasteiger charge is -2.30. The van der Waals surface area contributed by atoms with E-state index in [0.29, 0.717) is 12.1 Å². The first-order valence-corrected chi connectivity index (χ1v) is 8.00. The Kier molecular flexibility index (Phi) is 5.19. The second kappa shape index (κ2) is 6.68. The van der Waals surface area contributed by atoms with Crippen molar-refractivity contribution in [1.29, 1.82) is 0 Å². The number of rotatable bonds is 5. The molecule has 4 nitrogen and oxygen atoms in total. The standard InChI is InChI=1S/C14H25N3OS/c1-5-12-13(8-15-10(2)3)19-14(16-12)17-6-7-18-11(4)9-17/h10-11,15H,5-9H2,1-4H3. The van der Waals surface area contributed by atoms with Gasteiger partial charge in [-0.25, -0.2) is 4.98 Å². The van der Waals surface area contributed by atoms with Crippen molar-refractivity contribution in [3.05, 3.63) is 10.6 Å². The summed E-state index contributed by atoms with van der Waals surface area (Å²) < 4.78 is 5.59. The van der Waals surface area contributed by atoms with E-state index >= 15 is 0 Å². The fraction of sp³-hybridized carbons (Fsp3) is 0.786. The van der Waals surface area contributed by atoms with Gasteiger partial charge in [0.05, 0.1) is 18.4 Å². The van der Waals surface area contributed by atoms with Crippen LogP contribution in [-0.4, -0.2) is 36.8 Å². The quantitative estimate of drug-likeness (QED) is 0.900. The number of aromatic nitrogens is 1. The summed E-state index contributed by atoms with van der Waals surface area (Å²) >= 11 is 1.83. The summed E-state index contributed by atoms with van der Waals surface area (Å²) in [6.07, 6.45) is 1.31. The van der Waals surface area contributed by atoms with Crippen LogP contribution in [0.5, 0.6) is 0 Å². The normalized spacial score (nSPS) is 20.3. The van der Waals surface area contributed by atoms with Gasteiger partial charge in [0.2, 0.25) is 0 Å². The van der Waals surface area contributed by atoms with E-state index in [2.05, 4.69) is 37.9 Å². The summed E-state index contributed by atoms with van der Waals surface area (Å²) in [7, 11) is 0.